The van der Waals surface area contributed by atoms with E-state index in [4.69, 9.17) is 23.2 Å². The Hall–Kier alpha value is -0.210. The van der Waals surface area contributed by atoms with Crippen molar-refractivity contribution in [1.82, 2.24) is 9.78 Å². The Labute approximate surface area is 101 Å². The maximum atomic E-state index is 6.21. The quantitative estimate of drug-likeness (QED) is 0.726. The number of hydrogen-bond donors (Lipinski definition) is 0. The first-order chi connectivity index (χ1) is 6.91. The van der Waals surface area contributed by atoms with E-state index in [1.165, 1.54) is 19.3 Å². The highest BCUT2D eigenvalue weighted by molar-refractivity contribution is 6.41. The summed E-state index contributed by atoms with van der Waals surface area (Å²) in [6.45, 7) is 6.30. The van der Waals surface area contributed by atoms with E-state index in [9.17, 15) is 0 Å². The van der Waals surface area contributed by atoms with Gasteiger partial charge in [-0.15, -0.1) is 0 Å². The third-order valence-electron chi connectivity index (χ3n) is 2.93. The minimum atomic E-state index is -0.0459. The molecule has 1 heterocycles. The molecule has 0 saturated heterocycles. The average molecular weight is 247 g/mol. The number of nitrogens with zero attached hydrogens (tertiary/aromatic N) is 2. The van der Waals surface area contributed by atoms with Gasteiger partial charge in [-0.3, -0.25) is 0 Å². The molecule has 0 aromatic carbocycles. The second kappa shape index (κ2) is 3.67. The highest BCUT2D eigenvalue weighted by Crippen LogP contribution is 2.39. The van der Waals surface area contributed by atoms with Crippen molar-refractivity contribution in [3.8, 4) is 0 Å². The molecule has 1 aromatic heterocycles. The van der Waals surface area contributed by atoms with Gasteiger partial charge in [0.25, 0.3) is 0 Å². The zero-order chi connectivity index (χ0) is 11.2. The molecule has 0 radical (unpaired) electrons. The molecule has 1 aliphatic carbocycles. The van der Waals surface area contributed by atoms with Gasteiger partial charge in [0.2, 0.25) is 0 Å². The van der Waals surface area contributed by atoms with E-state index in [0.29, 0.717) is 16.2 Å². The lowest BCUT2D eigenvalue weighted by Gasteiger charge is -2.26. The van der Waals surface area contributed by atoms with Crippen LogP contribution in [0.2, 0.25) is 10.2 Å². The van der Waals surface area contributed by atoms with Crippen molar-refractivity contribution in [3.63, 3.8) is 0 Å². The first-order valence-corrected chi connectivity index (χ1v) is 6.11. The van der Waals surface area contributed by atoms with Gasteiger partial charge in [0, 0.05) is 5.41 Å². The number of aromatic nitrogens is 2. The van der Waals surface area contributed by atoms with Gasteiger partial charge in [0.15, 0.2) is 0 Å². The van der Waals surface area contributed by atoms with Gasteiger partial charge >= 0.3 is 0 Å². The van der Waals surface area contributed by atoms with Crippen LogP contribution in [0.1, 0.15) is 51.8 Å². The molecule has 1 aromatic rings. The summed E-state index contributed by atoms with van der Waals surface area (Å²) in [5.41, 5.74) is 0.858. The highest BCUT2D eigenvalue weighted by Gasteiger charge is 2.29. The second-order valence-corrected chi connectivity index (χ2v) is 5.97. The van der Waals surface area contributed by atoms with Gasteiger partial charge in [-0.1, -0.05) is 44.0 Å². The molecule has 1 saturated carbocycles. The van der Waals surface area contributed by atoms with Crippen molar-refractivity contribution < 1.29 is 0 Å². The molecule has 4 heteroatoms. The zero-order valence-electron chi connectivity index (χ0n) is 9.35. The van der Waals surface area contributed by atoms with Crippen molar-refractivity contribution in [3.05, 3.63) is 15.9 Å². The lowest BCUT2D eigenvalue weighted by Crippen LogP contribution is -2.20. The molecule has 15 heavy (non-hydrogen) atoms. The maximum Gasteiger partial charge on any atom is 0.146 e. The first-order valence-electron chi connectivity index (χ1n) is 5.35. The van der Waals surface area contributed by atoms with E-state index in [2.05, 4.69) is 25.9 Å². The van der Waals surface area contributed by atoms with Gasteiger partial charge in [-0.05, 0) is 19.3 Å². The molecule has 0 bridgehead atoms. The van der Waals surface area contributed by atoms with Crippen LogP contribution in [0, 0.1) is 0 Å². The number of rotatable bonds is 1. The minimum Gasteiger partial charge on any atom is -0.249 e. The predicted molar refractivity (Wildman–Crippen MR) is 63.8 cm³/mol. The molecule has 0 N–H and O–H groups in total. The molecule has 2 rings (SSSR count). The number of halogens is 2. The van der Waals surface area contributed by atoms with Gasteiger partial charge < -0.3 is 0 Å². The van der Waals surface area contributed by atoms with Gasteiger partial charge in [-0.2, -0.15) is 5.10 Å². The Kier molecular flexibility index (Phi) is 2.76. The molecule has 0 amide bonds. The van der Waals surface area contributed by atoms with Crippen LogP contribution in [0.3, 0.4) is 0 Å². The largest absolute Gasteiger partial charge is 0.249 e. The SMILES string of the molecule is CC(C)(C)c1nn(C2CCC2)c(Cl)c1Cl. The van der Waals surface area contributed by atoms with E-state index in [0.717, 1.165) is 5.69 Å². The summed E-state index contributed by atoms with van der Waals surface area (Å²) in [6.07, 6.45) is 3.60. The maximum absolute atomic E-state index is 6.21. The number of hydrogen-bond acceptors (Lipinski definition) is 1. The molecular formula is C11H16Cl2N2. The molecule has 1 fully saturated rings. The Balaban J connectivity index is 2.41. The molecule has 0 atom stereocenters. The van der Waals surface area contributed by atoms with Crippen molar-refractivity contribution in [2.45, 2.75) is 51.5 Å². The van der Waals surface area contributed by atoms with Crippen molar-refractivity contribution in [2.24, 2.45) is 0 Å². The Morgan fingerprint density at radius 3 is 2.20 bits per heavy atom. The highest BCUT2D eigenvalue weighted by atomic mass is 35.5. The topological polar surface area (TPSA) is 17.8 Å². The lowest BCUT2D eigenvalue weighted by atomic mass is 9.92. The second-order valence-electron chi connectivity index (χ2n) is 5.23. The Bertz CT molecular complexity index is 373. The third kappa shape index (κ3) is 1.90. The molecule has 0 aliphatic heterocycles. The van der Waals surface area contributed by atoms with Crippen LogP contribution in [0.4, 0.5) is 0 Å². The molecule has 1 aliphatic rings. The zero-order valence-corrected chi connectivity index (χ0v) is 10.9. The summed E-state index contributed by atoms with van der Waals surface area (Å²) >= 11 is 12.4. The van der Waals surface area contributed by atoms with Crippen LogP contribution in [0.5, 0.6) is 0 Å². The van der Waals surface area contributed by atoms with Crippen LogP contribution in [-0.2, 0) is 5.41 Å². The standard InChI is InChI=1S/C11H16Cl2N2/c1-11(2,3)9-8(12)10(13)15(14-9)7-5-4-6-7/h7H,4-6H2,1-3H3. The summed E-state index contributed by atoms with van der Waals surface area (Å²) in [6, 6.07) is 0.464. The third-order valence-corrected chi connectivity index (χ3v) is 3.75. The van der Waals surface area contributed by atoms with Crippen LogP contribution >= 0.6 is 23.2 Å². The van der Waals surface area contributed by atoms with E-state index in [-0.39, 0.29) is 5.41 Å². The fraction of sp³-hybridized carbons (Fsp3) is 0.727. The Morgan fingerprint density at radius 2 is 1.87 bits per heavy atom. The molecule has 84 valence electrons. The summed E-state index contributed by atoms with van der Waals surface area (Å²) < 4.78 is 1.90. The van der Waals surface area contributed by atoms with E-state index in [1.54, 1.807) is 0 Å². The summed E-state index contributed by atoms with van der Waals surface area (Å²) in [5.74, 6) is 0. The fourth-order valence-corrected chi connectivity index (χ4v) is 2.42. The molecule has 0 spiro atoms. The lowest BCUT2D eigenvalue weighted by molar-refractivity contribution is 0.286. The summed E-state index contributed by atoms with van der Waals surface area (Å²) in [4.78, 5) is 0. The van der Waals surface area contributed by atoms with Crippen LogP contribution in [0.15, 0.2) is 0 Å². The van der Waals surface area contributed by atoms with Crippen LogP contribution in [0.25, 0.3) is 0 Å². The van der Waals surface area contributed by atoms with Crippen molar-refractivity contribution >= 4 is 23.2 Å². The minimum absolute atomic E-state index is 0.0459. The van der Waals surface area contributed by atoms with Crippen molar-refractivity contribution in [2.75, 3.05) is 0 Å². The van der Waals surface area contributed by atoms with Crippen LogP contribution in [-0.4, -0.2) is 9.78 Å². The smallest absolute Gasteiger partial charge is 0.146 e. The van der Waals surface area contributed by atoms with Gasteiger partial charge in [0.1, 0.15) is 10.2 Å². The van der Waals surface area contributed by atoms with E-state index in [1.807, 2.05) is 4.68 Å². The van der Waals surface area contributed by atoms with E-state index < -0.39 is 0 Å². The monoisotopic (exact) mass is 246 g/mol. The van der Waals surface area contributed by atoms with Gasteiger partial charge in [-0.25, -0.2) is 4.68 Å². The molecular weight excluding hydrogens is 231 g/mol. The first kappa shape index (κ1) is 11.3. The van der Waals surface area contributed by atoms with Gasteiger partial charge in [0.05, 0.1) is 11.7 Å². The molecule has 2 nitrogen and oxygen atoms in total. The Morgan fingerprint density at radius 1 is 1.27 bits per heavy atom. The fourth-order valence-electron chi connectivity index (χ4n) is 1.75. The summed E-state index contributed by atoms with van der Waals surface area (Å²) in [7, 11) is 0. The summed E-state index contributed by atoms with van der Waals surface area (Å²) in [5, 5.41) is 5.78. The average Bonchev–Trinajstić information content (AvgIpc) is 2.28. The normalized spacial score (nSPS) is 17.9. The van der Waals surface area contributed by atoms with Crippen LogP contribution < -0.4 is 0 Å². The molecule has 0 unspecified atom stereocenters. The van der Waals surface area contributed by atoms with E-state index >= 15 is 0 Å². The van der Waals surface area contributed by atoms with Crippen molar-refractivity contribution in [1.29, 1.82) is 0 Å². The predicted octanol–water partition coefficient (Wildman–Crippen LogP) is 4.21.